The van der Waals surface area contributed by atoms with Gasteiger partial charge in [-0.1, -0.05) is 11.2 Å². The molecule has 1 amide bonds. The number of carbonyl (C=O) groups excluding carboxylic acids is 1. The molecule has 1 aromatic heterocycles. The molecule has 1 N–H and O–H groups in total. The molecular formula is C16H19F2N3O2. The van der Waals surface area contributed by atoms with Gasteiger partial charge in [0.15, 0.2) is 0 Å². The molecule has 2 aromatic rings. The highest BCUT2D eigenvalue weighted by Crippen LogP contribution is 2.12. The van der Waals surface area contributed by atoms with Crippen LogP contribution >= 0.6 is 0 Å². The lowest BCUT2D eigenvalue weighted by molar-refractivity contribution is -0.122. The maximum atomic E-state index is 13.5. The van der Waals surface area contributed by atoms with Crippen LogP contribution in [0.25, 0.3) is 0 Å². The SMILES string of the molecule is Cc1cc(CN(C)CC(=O)NCCc2c(F)cccc2F)no1. The standard InChI is InChI=1S/C16H19F2N3O2/c1-11-8-12(20-23-11)9-21(2)10-16(22)19-7-6-13-14(17)4-3-5-15(13)18/h3-5,8H,6-7,9-10H2,1-2H3,(H,19,22). The Morgan fingerprint density at radius 3 is 2.65 bits per heavy atom. The molecular weight excluding hydrogens is 304 g/mol. The highest BCUT2D eigenvalue weighted by Gasteiger charge is 2.11. The third-order valence-corrected chi connectivity index (χ3v) is 3.28. The van der Waals surface area contributed by atoms with E-state index in [0.29, 0.717) is 12.3 Å². The van der Waals surface area contributed by atoms with Crippen molar-refractivity contribution in [1.82, 2.24) is 15.4 Å². The van der Waals surface area contributed by atoms with Crippen molar-refractivity contribution < 1.29 is 18.1 Å². The van der Waals surface area contributed by atoms with E-state index < -0.39 is 11.6 Å². The van der Waals surface area contributed by atoms with Gasteiger partial charge in [-0.05, 0) is 32.5 Å². The smallest absolute Gasteiger partial charge is 0.234 e. The summed E-state index contributed by atoms with van der Waals surface area (Å²) in [5, 5.41) is 6.50. The number of hydrogen-bond acceptors (Lipinski definition) is 4. The van der Waals surface area contributed by atoms with Gasteiger partial charge in [-0.15, -0.1) is 0 Å². The van der Waals surface area contributed by atoms with Crippen molar-refractivity contribution in [3.8, 4) is 0 Å². The van der Waals surface area contributed by atoms with Crippen molar-refractivity contribution in [2.45, 2.75) is 19.9 Å². The van der Waals surface area contributed by atoms with E-state index in [2.05, 4.69) is 10.5 Å². The molecule has 0 saturated carbocycles. The van der Waals surface area contributed by atoms with Gasteiger partial charge in [-0.2, -0.15) is 0 Å². The number of benzene rings is 1. The van der Waals surface area contributed by atoms with E-state index in [0.717, 1.165) is 5.69 Å². The zero-order valence-corrected chi connectivity index (χ0v) is 13.1. The highest BCUT2D eigenvalue weighted by atomic mass is 19.1. The molecule has 1 aromatic carbocycles. The zero-order valence-electron chi connectivity index (χ0n) is 13.1. The van der Waals surface area contributed by atoms with Crippen LogP contribution in [0.2, 0.25) is 0 Å². The molecule has 2 rings (SSSR count). The average Bonchev–Trinajstić information content (AvgIpc) is 2.87. The number of halogens is 2. The molecule has 124 valence electrons. The number of aryl methyl sites for hydroxylation is 1. The summed E-state index contributed by atoms with van der Waals surface area (Å²) in [5.41, 5.74) is 0.727. The van der Waals surface area contributed by atoms with Crippen LogP contribution in [0.4, 0.5) is 8.78 Å². The average molecular weight is 323 g/mol. The lowest BCUT2D eigenvalue weighted by Gasteiger charge is -2.14. The predicted molar refractivity (Wildman–Crippen MR) is 80.6 cm³/mol. The van der Waals surface area contributed by atoms with E-state index in [1.54, 1.807) is 24.9 Å². The van der Waals surface area contributed by atoms with Crippen LogP contribution < -0.4 is 5.32 Å². The Morgan fingerprint density at radius 2 is 2.04 bits per heavy atom. The fraction of sp³-hybridized carbons (Fsp3) is 0.375. The van der Waals surface area contributed by atoms with E-state index in [9.17, 15) is 13.6 Å². The molecule has 5 nitrogen and oxygen atoms in total. The summed E-state index contributed by atoms with van der Waals surface area (Å²) in [6.45, 7) is 2.61. The van der Waals surface area contributed by atoms with Gasteiger partial charge in [0.05, 0.1) is 12.2 Å². The van der Waals surface area contributed by atoms with Crippen LogP contribution in [0.3, 0.4) is 0 Å². The molecule has 0 bridgehead atoms. The zero-order chi connectivity index (χ0) is 16.8. The second kappa shape index (κ2) is 7.82. The van der Waals surface area contributed by atoms with E-state index in [-0.39, 0.29) is 31.0 Å². The minimum atomic E-state index is -0.599. The maximum absolute atomic E-state index is 13.5. The first kappa shape index (κ1) is 17.1. The molecule has 23 heavy (non-hydrogen) atoms. The normalized spacial score (nSPS) is 11.0. The van der Waals surface area contributed by atoms with Gasteiger partial charge in [0, 0.05) is 24.7 Å². The Labute approximate surface area is 133 Å². The van der Waals surface area contributed by atoms with Crippen LogP contribution in [-0.4, -0.2) is 36.1 Å². The molecule has 0 spiro atoms. The van der Waals surface area contributed by atoms with Gasteiger partial charge in [0.1, 0.15) is 17.4 Å². The van der Waals surface area contributed by atoms with E-state index in [4.69, 9.17) is 4.52 Å². The topological polar surface area (TPSA) is 58.4 Å². The maximum Gasteiger partial charge on any atom is 0.234 e. The van der Waals surface area contributed by atoms with Gasteiger partial charge in [0.2, 0.25) is 5.91 Å². The predicted octanol–water partition coefficient (Wildman–Crippen LogP) is 2.05. The van der Waals surface area contributed by atoms with E-state index >= 15 is 0 Å². The molecule has 1 heterocycles. The Balaban J connectivity index is 1.74. The van der Waals surface area contributed by atoms with Gasteiger partial charge >= 0.3 is 0 Å². The molecule has 0 aliphatic carbocycles. The van der Waals surface area contributed by atoms with Crippen molar-refractivity contribution in [1.29, 1.82) is 0 Å². The number of nitrogens with zero attached hydrogens (tertiary/aromatic N) is 2. The van der Waals surface area contributed by atoms with Crippen molar-refractivity contribution in [3.63, 3.8) is 0 Å². The summed E-state index contributed by atoms with van der Waals surface area (Å²) in [6.07, 6.45) is 0.108. The lowest BCUT2D eigenvalue weighted by Crippen LogP contribution is -2.36. The summed E-state index contributed by atoms with van der Waals surface area (Å²) < 4.78 is 31.9. The Hall–Kier alpha value is -2.28. The minimum absolute atomic E-state index is 0.0146. The summed E-state index contributed by atoms with van der Waals surface area (Å²) in [5.74, 6) is -0.704. The van der Waals surface area contributed by atoms with Gasteiger partial charge < -0.3 is 9.84 Å². The number of aromatic nitrogens is 1. The second-order valence-corrected chi connectivity index (χ2v) is 5.40. The quantitative estimate of drug-likeness (QED) is 0.847. The van der Waals surface area contributed by atoms with Crippen molar-refractivity contribution in [2.24, 2.45) is 0 Å². The van der Waals surface area contributed by atoms with Crippen molar-refractivity contribution in [2.75, 3.05) is 20.1 Å². The van der Waals surface area contributed by atoms with Crippen molar-refractivity contribution in [3.05, 3.63) is 52.9 Å². The van der Waals surface area contributed by atoms with E-state index in [1.807, 2.05) is 0 Å². The fourth-order valence-corrected chi connectivity index (χ4v) is 2.22. The Bertz CT molecular complexity index is 653. The van der Waals surface area contributed by atoms with Crippen LogP contribution in [0.15, 0.2) is 28.8 Å². The van der Waals surface area contributed by atoms with Crippen LogP contribution in [0.5, 0.6) is 0 Å². The summed E-state index contributed by atoms with van der Waals surface area (Å²) in [6, 6.07) is 5.52. The van der Waals surface area contributed by atoms with Gasteiger partial charge in [0.25, 0.3) is 0 Å². The fourth-order valence-electron chi connectivity index (χ4n) is 2.22. The molecule has 0 atom stereocenters. The van der Waals surface area contributed by atoms with Crippen molar-refractivity contribution >= 4 is 5.91 Å². The molecule has 7 heteroatoms. The van der Waals surface area contributed by atoms with E-state index in [1.165, 1.54) is 18.2 Å². The van der Waals surface area contributed by atoms with Gasteiger partial charge in [-0.25, -0.2) is 8.78 Å². The first-order chi connectivity index (χ1) is 11.0. The number of hydrogen-bond donors (Lipinski definition) is 1. The number of amides is 1. The molecule has 0 radical (unpaired) electrons. The van der Waals surface area contributed by atoms with Gasteiger partial charge in [-0.3, -0.25) is 9.69 Å². The monoisotopic (exact) mass is 323 g/mol. The highest BCUT2D eigenvalue weighted by molar-refractivity contribution is 5.77. The largest absolute Gasteiger partial charge is 0.361 e. The molecule has 0 aliphatic heterocycles. The number of nitrogens with one attached hydrogen (secondary N) is 1. The van der Waals surface area contributed by atoms with Crippen LogP contribution in [-0.2, 0) is 17.8 Å². The Kier molecular flexibility index (Phi) is 5.81. The molecule has 0 unspecified atom stereocenters. The number of likely N-dealkylation sites (N-methyl/N-ethyl adjacent to an activating group) is 1. The van der Waals surface area contributed by atoms with Crippen LogP contribution in [0.1, 0.15) is 17.0 Å². The summed E-state index contributed by atoms with van der Waals surface area (Å²) in [7, 11) is 1.78. The second-order valence-electron chi connectivity index (χ2n) is 5.40. The molecule has 0 fully saturated rings. The molecule has 0 aliphatic rings. The summed E-state index contributed by atoms with van der Waals surface area (Å²) >= 11 is 0. The van der Waals surface area contributed by atoms with Crippen LogP contribution in [0, 0.1) is 18.6 Å². The lowest BCUT2D eigenvalue weighted by atomic mass is 10.1. The first-order valence-corrected chi connectivity index (χ1v) is 7.26. The summed E-state index contributed by atoms with van der Waals surface area (Å²) in [4.78, 5) is 13.6. The minimum Gasteiger partial charge on any atom is -0.361 e. The molecule has 0 saturated heterocycles. The first-order valence-electron chi connectivity index (χ1n) is 7.26. The Morgan fingerprint density at radius 1 is 1.35 bits per heavy atom. The third kappa shape index (κ3) is 5.14. The third-order valence-electron chi connectivity index (χ3n) is 3.28. The number of carbonyl (C=O) groups is 1. The number of rotatable bonds is 7.